The van der Waals surface area contributed by atoms with Crippen LogP contribution >= 0.6 is 0 Å². The fourth-order valence-corrected chi connectivity index (χ4v) is 1.26. The van der Waals surface area contributed by atoms with Crippen molar-refractivity contribution in [3.63, 3.8) is 0 Å². The second-order valence-electron chi connectivity index (χ2n) is 2.73. The van der Waals surface area contributed by atoms with Crippen LogP contribution in [-0.4, -0.2) is 17.6 Å². The zero-order valence-electron chi connectivity index (χ0n) is 7.27. The standard InChI is InChI=1S/C12H10.Ge/c1-3-7-11(8-4-1)12-9-5-2-6-10-12;/h1-10H;. The first-order valence-corrected chi connectivity index (χ1v) is 4.07. The minimum Gasteiger partial charge on any atom is -0.0622 e. The zero-order valence-corrected chi connectivity index (χ0v) is 9.37. The molecule has 0 spiro atoms. The quantitative estimate of drug-likeness (QED) is 0.656. The predicted octanol–water partition coefficient (Wildman–Crippen LogP) is 2.97. The molecule has 2 aromatic carbocycles. The Bertz CT molecular complexity index is 303. The maximum atomic E-state index is 2.12. The summed E-state index contributed by atoms with van der Waals surface area (Å²) in [5.74, 6) is 0. The number of benzene rings is 2. The van der Waals surface area contributed by atoms with Gasteiger partial charge in [-0.15, -0.1) is 0 Å². The molecule has 0 aliphatic heterocycles. The second-order valence-corrected chi connectivity index (χ2v) is 2.73. The smallest absolute Gasteiger partial charge is 0 e. The number of hydrogen-bond donors (Lipinski definition) is 0. The molecule has 2 aromatic rings. The third kappa shape index (κ3) is 2.46. The third-order valence-electron chi connectivity index (χ3n) is 1.88. The van der Waals surface area contributed by atoms with E-state index in [4.69, 9.17) is 0 Å². The molecular weight excluding hydrogens is 217 g/mol. The van der Waals surface area contributed by atoms with Crippen LogP contribution in [0.15, 0.2) is 60.7 Å². The molecule has 0 aliphatic rings. The van der Waals surface area contributed by atoms with Crippen molar-refractivity contribution in [1.82, 2.24) is 0 Å². The molecule has 4 radical (unpaired) electrons. The summed E-state index contributed by atoms with van der Waals surface area (Å²) in [6.07, 6.45) is 0. The van der Waals surface area contributed by atoms with Crippen LogP contribution in [0.1, 0.15) is 0 Å². The Morgan fingerprint density at radius 3 is 1.08 bits per heavy atom. The summed E-state index contributed by atoms with van der Waals surface area (Å²) >= 11 is 0. The maximum Gasteiger partial charge on any atom is 0 e. The first-order chi connectivity index (χ1) is 5.97. The van der Waals surface area contributed by atoms with E-state index in [9.17, 15) is 0 Å². The van der Waals surface area contributed by atoms with Crippen LogP contribution in [0.2, 0.25) is 0 Å². The van der Waals surface area contributed by atoms with Crippen molar-refractivity contribution < 1.29 is 0 Å². The van der Waals surface area contributed by atoms with Crippen molar-refractivity contribution in [3.8, 4) is 11.1 Å². The molecule has 0 N–H and O–H groups in total. The molecule has 0 atom stereocenters. The van der Waals surface area contributed by atoms with Crippen LogP contribution in [-0.2, 0) is 0 Å². The van der Waals surface area contributed by atoms with E-state index in [1.54, 1.807) is 0 Å². The van der Waals surface area contributed by atoms with Crippen molar-refractivity contribution in [2.45, 2.75) is 0 Å². The van der Waals surface area contributed by atoms with Gasteiger partial charge in [0.1, 0.15) is 0 Å². The molecule has 0 unspecified atom stereocenters. The van der Waals surface area contributed by atoms with Gasteiger partial charge in [-0.1, -0.05) is 60.7 Å². The molecule has 0 bridgehead atoms. The number of hydrogen-bond acceptors (Lipinski definition) is 0. The van der Waals surface area contributed by atoms with Gasteiger partial charge in [0.2, 0.25) is 0 Å². The van der Waals surface area contributed by atoms with Crippen molar-refractivity contribution in [3.05, 3.63) is 60.7 Å². The molecule has 0 nitrogen and oxygen atoms in total. The summed E-state index contributed by atoms with van der Waals surface area (Å²) in [5.41, 5.74) is 2.55. The van der Waals surface area contributed by atoms with Crippen molar-refractivity contribution in [1.29, 1.82) is 0 Å². The van der Waals surface area contributed by atoms with Gasteiger partial charge in [0, 0.05) is 17.6 Å². The molecule has 13 heavy (non-hydrogen) atoms. The minimum absolute atomic E-state index is 0. The van der Waals surface area contributed by atoms with Gasteiger partial charge in [0.15, 0.2) is 0 Å². The molecule has 1 heteroatoms. The molecule has 62 valence electrons. The molecule has 0 amide bonds. The summed E-state index contributed by atoms with van der Waals surface area (Å²) in [5, 5.41) is 0. The molecule has 0 aliphatic carbocycles. The Morgan fingerprint density at radius 1 is 0.462 bits per heavy atom. The van der Waals surface area contributed by atoms with Crippen LogP contribution in [0.4, 0.5) is 0 Å². The molecule has 0 aromatic heterocycles. The van der Waals surface area contributed by atoms with E-state index in [1.165, 1.54) is 11.1 Å². The number of rotatable bonds is 1. The summed E-state index contributed by atoms with van der Waals surface area (Å²) in [4.78, 5) is 0. The molecular formula is C12H10Ge. The summed E-state index contributed by atoms with van der Waals surface area (Å²) in [6, 6.07) is 20.8. The van der Waals surface area contributed by atoms with Crippen LogP contribution in [0, 0.1) is 0 Å². The van der Waals surface area contributed by atoms with Crippen molar-refractivity contribution in [2.24, 2.45) is 0 Å². The van der Waals surface area contributed by atoms with E-state index in [-0.39, 0.29) is 17.6 Å². The van der Waals surface area contributed by atoms with E-state index < -0.39 is 0 Å². The Morgan fingerprint density at radius 2 is 0.769 bits per heavy atom. The Kier molecular flexibility index (Phi) is 3.78. The van der Waals surface area contributed by atoms with Gasteiger partial charge in [-0.25, -0.2) is 0 Å². The van der Waals surface area contributed by atoms with Crippen molar-refractivity contribution >= 4 is 17.6 Å². The average molecular weight is 227 g/mol. The summed E-state index contributed by atoms with van der Waals surface area (Å²) < 4.78 is 0. The normalized spacial score (nSPS) is 8.92. The van der Waals surface area contributed by atoms with Gasteiger partial charge in [-0.2, -0.15) is 0 Å². The van der Waals surface area contributed by atoms with Gasteiger partial charge in [-0.3, -0.25) is 0 Å². The zero-order chi connectivity index (χ0) is 8.23. The molecule has 0 heterocycles. The van der Waals surface area contributed by atoms with Crippen LogP contribution in [0.3, 0.4) is 0 Å². The van der Waals surface area contributed by atoms with E-state index >= 15 is 0 Å². The maximum absolute atomic E-state index is 2.12. The predicted molar refractivity (Wildman–Crippen MR) is 57.6 cm³/mol. The first kappa shape index (κ1) is 10.1. The summed E-state index contributed by atoms with van der Waals surface area (Å²) in [6.45, 7) is 0. The topological polar surface area (TPSA) is 0 Å². The fraction of sp³-hybridized carbons (Fsp3) is 0. The monoisotopic (exact) mass is 228 g/mol. The largest absolute Gasteiger partial charge is 0.0622 e. The van der Waals surface area contributed by atoms with E-state index in [2.05, 4.69) is 48.5 Å². The Balaban J connectivity index is 0.000000845. The van der Waals surface area contributed by atoms with E-state index in [0.29, 0.717) is 0 Å². The van der Waals surface area contributed by atoms with Crippen LogP contribution in [0.25, 0.3) is 11.1 Å². The molecule has 0 saturated carbocycles. The second kappa shape index (κ2) is 4.88. The fourth-order valence-electron chi connectivity index (χ4n) is 1.26. The van der Waals surface area contributed by atoms with Crippen LogP contribution in [0.5, 0.6) is 0 Å². The average Bonchev–Trinajstić information content (AvgIpc) is 2.21. The van der Waals surface area contributed by atoms with E-state index in [1.807, 2.05) is 12.1 Å². The Labute approximate surface area is 89.6 Å². The van der Waals surface area contributed by atoms with Gasteiger partial charge >= 0.3 is 0 Å². The molecule has 0 fully saturated rings. The first-order valence-electron chi connectivity index (χ1n) is 4.07. The van der Waals surface area contributed by atoms with E-state index in [0.717, 1.165) is 0 Å². The van der Waals surface area contributed by atoms with Gasteiger partial charge in [0.05, 0.1) is 0 Å². The molecule has 2 rings (SSSR count). The van der Waals surface area contributed by atoms with Gasteiger partial charge < -0.3 is 0 Å². The Hall–Kier alpha value is -1.02. The SMILES string of the molecule is [Ge].c1ccc(-c2ccccc2)cc1. The van der Waals surface area contributed by atoms with Crippen LogP contribution < -0.4 is 0 Å². The minimum atomic E-state index is 0. The molecule has 0 saturated heterocycles. The van der Waals surface area contributed by atoms with Gasteiger partial charge in [-0.05, 0) is 11.1 Å². The van der Waals surface area contributed by atoms with Gasteiger partial charge in [0.25, 0.3) is 0 Å². The van der Waals surface area contributed by atoms with Crippen molar-refractivity contribution in [2.75, 3.05) is 0 Å². The summed E-state index contributed by atoms with van der Waals surface area (Å²) in [7, 11) is 0. The third-order valence-corrected chi connectivity index (χ3v) is 1.88.